The van der Waals surface area contributed by atoms with Gasteiger partial charge in [0.25, 0.3) is 0 Å². The van der Waals surface area contributed by atoms with Gasteiger partial charge in [0.05, 0.1) is 0 Å². The van der Waals surface area contributed by atoms with Gasteiger partial charge in [0.15, 0.2) is 5.79 Å². The van der Waals surface area contributed by atoms with Gasteiger partial charge in [0.2, 0.25) is 0 Å². The van der Waals surface area contributed by atoms with Crippen LogP contribution in [-0.4, -0.2) is 19.0 Å². The average Bonchev–Trinajstić information content (AvgIpc) is 2.17. The van der Waals surface area contributed by atoms with Gasteiger partial charge in [-0.15, -0.1) is 6.42 Å². The minimum atomic E-state index is -0.362. The molecule has 0 saturated heterocycles. The van der Waals surface area contributed by atoms with E-state index in [2.05, 4.69) is 5.92 Å². The lowest BCUT2D eigenvalue weighted by molar-refractivity contribution is -0.243. The Bertz CT molecular complexity index is 170. The largest absolute Gasteiger partial charge is 0.350 e. The molecule has 1 fully saturated rings. The van der Waals surface area contributed by atoms with Crippen LogP contribution in [0, 0.1) is 12.3 Å². The van der Waals surface area contributed by atoms with Gasteiger partial charge >= 0.3 is 0 Å². The minimum Gasteiger partial charge on any atom is -0.350 e. The second-order valence-electron chi connectivity index (χ2n) is 3.40. The van der Waals surface area contributed by atoms with Crippen LogP contribution in [0.2, 0.25) is 0 Å². The van der Waals surface area contributed by atoms with Crippen molar-refractivity contribution in [2.24, 2.45) is 0 Å². The van der Waals surface area contributed by atoms with Crippen molar-refractivity contribution in [1.82, 2.24) is 0 Å². The van der Waals surface area contributed by atoms with Crippen molar-refractivity contribution in [2.45, 2.75) is 44.8 Å². The molecule has 0 aliphatic heterocycles. The molecule has 0 aromatic rings. The van der Waals surface area contributed by atoms with E-state index in [0.717, 1.165) is 12.8 Å². The minimum absolute atomic E-state index is 0.361. The zero-order chi connectivity index (χ0) is 9.57. The van der Waals surface area contributed by atoms with Crippen molar-refractivity contribution in [3.8, 4) is 12.3 Å². The molecule has 0 aromatic carbocycles. The molecule has 1 saturated carbocycles. The van der Waals surface area contributed by atoms with E-state index in [-0.39, 0.29) is 5.79 Å². The van der Waals surface area contributed by atoms with Crippen molar-refractivity contribution in [2.75, 3.05) is 13.2 Å². The lowest BCUT2D eigenvalue weighted by atomic mass is 9.94. The first kappa shape index (κ1) is 10.6. The average molecular weight is 182 g/mol. The number of hydrogen-bond donors (Lipinski definition) is 0. The van der Waals surface area contributed by atoms with E-state index >= 15 is 0 Å². The van der Waals surface area contributed by atoms with E-state index in [1.54, 1.807) is 0 Å². The van der Waals surface area contributed by atoms with Gasteiger partial charge in [-0.3, -0.25) is 0 Å². The Morgan fingerprint density at radius 1 is 1.23 bits per heavy atom. The maximum absolute atomic E-state index is 5.65. The van der Waals surface area contributed by atoms with Crippen molar-refractivity contribution < 1.29 is 9.47 Å². The van der Waals surface area contributed by atoms with Crippen LogP contribution in [0.25, 0.3) is 0 Å². The van der Waals surface area contributed by atoms with Crippen molar-refractivity contribution in [3.05, 3.63) is 0 Å². The van der Waals surface area contributed by atoms with Crippen LogP contribution in [0.4, 0.5) is 0 Å². The van der Waals surface area contributed by atoms with Crippen molar-refractivity contribution in [1.29, 1.82) is 0 Å². The molecule has 0 amide bonds. The molecule has 0 bridgehead atoms. The number of ether oxygens (including phenoxy) is 2. The molecule has 0 unspecified atom stereocenters. The highest BCUT2D eigenvalue weighted by Gasteiger charge is 2.33. The second-order valence-corrected chi connectivity index (χ2v) is 3.40. The third-order valence-electron chi connectivity index (χ3n) is 2.44. The van der Waals surface area contributed by atoms with Crippen LogP contribution in [0.3, 0.4) is 0 Å². The summed E-state index contributed by atoms with van der Waals surface area (Å²) >= 11 is 0. The summed E-state index contributed by atoms with van der Waals surface area (Å²) in [6.45, 7) is 3.06. The van der Waals surface area contributed by atoms with Crippen LogP contribution in [0.1, 0.15) is 39.0 Å². The third kappa shape index (κ3) is 3.02. The van der Waals surface area contributed by atoms with Gasteiger partial charge in [-0.2, -0.15) is 0 Å². The molecule has 2 heteroatoms. The highest BCUT2D eigenvalue weighted by molar-refractivity contribution is 4.86. The van der Waals surface area contributed by atoms with Crippen LogP contribution in [-0.2, 0) is 9.47 Å². The first-order valence-corrected chi connectivity index (χ1v) is 5.04. The van der Waals surface area contributed by atoms with Gasteiger partial charge in [-0.25, -0.2) is 0 Å². The van der Waals surface area contributed by atoms with Crippen LogP contribution < -0.4 is 0 Å². The Hall–Kier alpha value is -0.520. The molecule has 0 heterocycles. The monoisotopic (exact) mass is 182 g/mol. The Morgan fingerprint density at radius 3 is 2.46 bits per heavy atom. The Balaban J connectivity index is 2.46. The molecule has 0 spiro atoms. The SMILES string of the molecule is C#CCOC1(OCC)CCCCC1. The van der Waals surface area contributed by atoms with Crippen molar-refractivity contribution in [3.63, 3.8) is 0 Å². The Kier molecular flexibility index (Phi) is 4.27. The summed E-state index contributed by atoms with van der Waals surface area (Å²) in [4.78, 5) is 0. The first-order chi connectivity index (χ1) is 6.33. The van der Waals surface area contributed by atoms with Crippen molar-refractivity contribution >= 4 is 0 Å². The standard InChI is InChI=1S/C11H18O2/c1-3-10-13-11(12-4-2)8-6-5-7-9-11/h1H,4-10H2,2H3. The fraction of sp³-hybridized carbons (Fsp3) is 0.818. The van der Waals surface area contributed by atoms with Gasteiger partial charge in [-0.05, 0) is 19.8 Å². The number of hydrogen-bond acceptors (Lipinski definition) is 2. The van der Waals surface area contributed by atoms with Gasteiger partial charge in [-0.1, -0.05) is 12.3 Å². The molecule has 13 heavy (non-hydrogen) atoms. The third-order valence-corrected chi connectivity index (χ3v) is 2.44. The molecular formula is C11H18O2. The quantitative estimate of drug-likeness (QED) is 0.490. The maximum Gasteiger partial charge on any atom is 0.169 e. The van der Waals surface area contributed by atoms with Gasteiger partial charge in [0.1, 0.15) is 6.61 Å². The molecule has 74 valence electrons. The van der Waals surface area contributed by atoms with E-state index in [4.69, 9.17) is 15.9 Å². The summed E-state index contributed by atoms with van der Waals surface area (Å²) in [5, 5.41) is 0. The predicted molar refractivity (Wildman–Crippen MR) is 52.2 cm³/mol. The van der Waals surface area contributed by atoms with Crippen LogP contribution >= 0.6 is 0 Å². The summed E-state index contributed by atoms with van der Waals surface area (Å²) in [6, 6.07) is 0. The van der Waals surface area contributed by atoms with E-state index in [0.29, 0.717) is 13.2 Å². The van der Waals surface area contributed by atoms with Crippen LogP contribution in [0.5, 0.6) is 0 Å². The molecule has 2 nitrogen and oxygen atoms in total. The summed E-state index contributed by atoms with van der Waals surface area (Å²) in [5.74, 6) is 2.13. The topological polar surface area (TPSA) is 18.5 Å². The zero-order valence-corrected chi connectivity index (χ0v) is 8.34. The first-order valence-electron chi connectivity index (χ1n) is 5.04. The summed E-state index contributed by atoms with van der Waals surface area (Å²) in [5.41, 5.74) is 0. The van der Waals surface area contributed by atoms with Gasteiger partial charge in [0, 0.05) is 19.4 Å². The summed E-state index contributed by atoms with van der Waals surface area (Å²) in [6.07, 6.45) is 10.8. The number of terminal acetylenes is 1. The summed E-state index contributed by atoms with van der Waals surface area (Å²) in [7, 11) is 0. The van der Waals surface area contributed by atoms with Crippen LogP contribution in [0.15, 0.2) is 0 Å². The zero-order valence-electron chi connectivity index (χ0n) is 8.34. The predicted octanol–water partition coefficient (Wildman–Crippen LogP) is 2.33. The fourth-order valence-corrected chi connectivity index (χ4v) is 1.86. The van der Waals surface area contributed by atoms with E-state index in [9.17, 15) is 0 Å². The smallest absolute Gasteiger partial charge is 0.169 e. The fourth-order valence-electron chi connectivity index (χ4n) is 1.86. The molecule has 1 rings (SSSR count). The maximum atomic E-state index is 5.65. The molecule has 0 radical (unpaired) electrons. The molecule has 0 N–H and O–H groups in total. The lowest BCUT2D eigenvalue weighted by Crippen LogP contribution is -2.38. The van der Waals surface area contributed by atoms with E-state index in [1.807, 2.05) is 6.92 Å². The molecule has 1 aliphatic rings. The molecule has 0 aromatic heterocycles. The molecule has 1 aliphatic carbocycles. The Labute approximate surface area is 80.6 Å². The summed E-state index contributed by atoms with van der Waals surface area (Å²) < 4.78 is 11.3. The van der Waals surface area contributed by atoms with E-state index in [1.165, 1.54) is 19.3 Å². The van der Waals surface area contributed by atoms with E-state index < -0.39 is 0 Å². The highest BCUT2D eigenvalue weighted by Crippen LogP contribution is 2.32. The molecule has 0 atom stereocenters. The lowest BCUT2D eigenvalue weighted by Gasteiger charge is -2.36. The highest BCUT2D eigenvalue weighted by atomic mass is 16.7. The van der Waals surface area contributed by atoms with Gasteiger partial charge < -0.3 is 9.47 Å². The number of rotatable bonds is 4. The Morgan fingerprint density at radius 2 is 1.92 bits per heavy atom. The normalized spacial score (nSPS) is 20.9. The molecular weight excluding hydrogens is 164 g/mol. The second kappa shape index (κ2) is 5.26.